The van der Waals surface area contributed by atoms with Gasteiger partial charge in [-0.15, -0.1) is 0 Å². The Hall–Kier alpha value is -0.900. The van der Waals surface area contributed by atoms with E-state index in [2.05, 4.69) is 10.2 Å². The van der Waals surface area contributed by atoms with E-state index in [9.17, 15) is 5.11 Å². The predicted octanol–water partition coefficient (Wildman–Crippen LogP) is 0.668. The molecule has 0 bridgehead atoms. The Morgan fingerprint density at radius 1 is 1.58 bits per heavy atom. The third-order valence-electron chi connectivity index (χ3n) is 2.24. The highest BCUT2D eigenvalue weighted by Gasteiger charge is 2.22. The zero-order valence-corrected chi connectivity index (χ0v) is 7.19. The van der Waals surface area contributed by atoms with Gasteiger partial charge in [-0.2, -0.15) is 15.0 Å². The van der Waals surface area contributed by atoms with Crippen molar-refractivity contribution in [3.05, 3.63) is 11.4 Å². The predicted molar refractivity (Wildman–Crippen MR) is 43.6 cm³/mol. The molecular formula is C8H13N3O. The van der Waals surface area contributed by atoms with Gasteiger partial charge >= 0.3 is 0 Å². The lowest BCUT2D eigenvalue weighted by Gasteiger charge is -2.13. The van der Waals surface area contributed by atoms with Gasteiger partial charge in [0.05, 0.1) is 18.3 Å². The number of hydrogen-bond donors (Lipinski definition) is 1. The molecule has 1 N–H and O–H groups in total. The Labute approximate surface area is 71.2 Å². The zero-order valence-electron chi connectivity index (χ0n) is 7.19. The van der Waals surface area contributed by atoms with E-state index in [0.29, 0.717) is 0 Å². The van der Waals surface area contributed by atoms with Gasteiger partial charge in [-0.05, 0) is 26.2 Å². The summed E-state index contributed by atoms with van der Waals surface area (Å²) in [5.74, 6) is 0. The van der Waals surface area contributed by atoms with Crippen molar-refractivity contribution in [2.45, 2.75) is 38.8 Å². The summed E-state index contributed by atoms with van der Waals surface area (Å²) < 4.78 is 0. The Bertz CT molecular complexity index is 282. The fourth-order valence-electron chi connectivity index (χ4n) is 1.57. The van der Waals surface area contributed by atoms with E-state index in [1.54, 1.807) is 4.80 Å². The van der Waals surface area contributed by atoms with Crippen molar-refractivity contribution >= 4 is 0 Å². The molecule has 12 heavy (non-hydrogen) atoms. The number of fused-ring (bicyclic) bond motifs is 1. The summed E-state index contributed by atoms with van der Waals surface area (Å²) in [5, 5.41) is 18.0. The van der Waals surface area contributed by atoms with E-state index < -0.39 is 0 Å². The van der Waals surface area contributed by atoms with Crippen molar-refractivity contribution in [1.29, 1.82) is 0 Å². The molecule has 1 aromatic rings. The summed E-state index contributed by atoms with van der Waals surface area (Å²) in [6, 6.07) is 0. The Balaban J connectivity index is 2.37. The average molecular weight is 167 g/mol. The maximum absolute atomic E-state index is 9.55. The quantitative estimate of drug-likeness (QED) is 0.668. The maximum atomic E-state index is 9.55. The number of aromatic nitrogens is 3. The number of aliphatic hydroxyl groups excluding tert-OH is 1. The molecule has 0 saturated heterocycles. The topological polar surface area (TPSA) is 50.9 Å². The lowest BCUT2D eigenvalue weighted by Crippen LogP contribution is -2.08. The van der Waals surface area contributed by atoms with Gasteiger partial charge in [0, 0.05) is 0 Å². The molecule has 1 aliphatic rings. The van der Waals surface area contributed by atoms with Gasteiger partial charge in [-0.3, -0.25) is 0 Å². The Kier molecular flexibility index (Phi) is 1.84. The van der Waals surface area contributed by atoms with Crippen molar-refractivity contribution in [1.82, 2.24) is 15.0 Å². The highest BCUT2D eigenvalue weighted by molar-refractivity contribution is 5.14. The molecule has 1 unspecified atom stereocenters. The molecule has 4 nitrogen and oxygen atoms in total. The smallest absolute Gasteiger partial charge is 0.114 e. The molecule has 0 aliphatic heterocycles. The van der Waals surface area contributed by atoms with Gasteiger partial charge in [-0.1, -0.05) is 0 Å². The van der Waals surface area contributed by atoms with Gasteiger partial charge in [0.25, 0.3) is 0 Å². The minimum atomic E-state index is -0.381. The molecular weight excluding hydrogens is 154 g/mol. The lowest BCUT2D eigenvalue weighted by molar-refractivity contribution is 0.151. The molecule has 4 heteroatoms. The third-order valence-corrected chi connectivity index (χ3v) is 2.24. The summed E-state index contributed by atoms with van der Waals surface area (Å²) in [6.07, 6.45) is 2.44. The highest BCUT2D eigenvalue weighted by Crippen LogP contribution is 2.26. The van der Waals surface area contributed by atoms with Crippen LogP contribution in [0.3, 0.4) is 0 Å². The first kappa shape index (κ1) is 7.73. The molecule has 0 amide bonds. The van der Waals surface area contributed by atoms with Crippen LogP contribution >= 0.6 is 0 Å². The lowest BCUT2D eigenvalue weighted by atomic mass is 9.99. The molecule has 0 fully saturated rings. The monoisotopic (exact) mass is 167 g/mol. The van der Waals surface area contributed by atoms with Crippen LogP contribution in [-0.2, 0) is 13.0 Å². The molecule has 0 aromatic carbocycles. The first-order chi connectivity index (χ1) is 5.81. The van der Waals surface area contributed by atoms with Crippen LogP contribution in [0.25, 0.3) is 0 Å². The number of aliphatic hydroxyl groups is 1. The van der Waals surface area contributed by atoms with Crippen LogP contribution in [0.4, 0.5) is 0 Å². The second-order valence-corrected chi connectivity index (χ2v) is 3.13. The van der Waals surface area contributed by atoms with E-state index in [0.717, 1.165) is 37.2 Å². The summed E-state index contributed by atoms with van der Waals surface area (Å²) in [5.41, 5.74) is 1.78. The van der Waals surface area contributed by atoms with Crippen molar-refractivity contribution < 1.29 is 5.11 Å². The third kappa shape index (κ3) is 1.12. The summed E-state index contributed by atoms with van der Waals surface area (Å²) in [7, 11) is 0. The molecule has 0 saturated carbocycles. The second kappa shape index (κ2) is 2.86. The van der Waals surface area contributed by atoms with Crippen LogP contribution in [0.2, 0.25) is 0 Å². The van der Waals surface area contributed by atoms with Gasteiger partial charge in [-0.25, -0.2) is 0 Å². The van der Waals surface area contributed by atoms with Gasteiger partial charge in [0.2, 0.25) is 0 Å². The fraction of sp³-hybridized carbons (Fsp3) is 0.750. The van der Waals surface area contributed by atoms with Crippen LogP contribution in [0.15, 0.2) is 0 Å². The Morgan fingerprint density at radius 2 is 2.42 bits per heavy atom. The number of aryl methyl sites for hydroxylation is 2. The van der Waals surface area contributed by atoms with Gasteiger partial charge in [0.15, 0.2) is 0 Å². The molecule has 1 aromatic heterocycles. The number of hydrogen-bond acceptors (Lipinski definition) is 3. The molecule has 1 aliphatic carbocycles. The summed E-state index contributed by atoms with van der Waals surface area (Å²) in [6.45, 7) is 2.78. The molecule has 0 spiro atoms. The van der Waals surface area contributed by atoms with E-state index in [1.807, 2.05) is 6.92 Å². The average Bonchev–Trinajstić information content (AvgIpc) is 2.49. The van der Waals surface area contributed by atoms with E-state index >= 15 is 0 Å². The first-order valence-electron chi connectivity index (χ1n) is 4.43. The van der Waals surface area contributed by atoms with Crippen LogP contribution < -0.4 is 0 Å². The number of rotatable bonds is 1. The largest absolute Gasteiger partial charge is 0.387 e. The SMILES string of the molecule is CCn1nc2c(n1)C(O)CCC2. The van der Waals surface area contributed by atoms with Crippen LogP contribution in [0.5, 0.6) is 0 Å². The minimum Gasteiger partial charge on any atom is -0.387 e. The van der Waals surface area contributed by atoms with Gasteiger partial charge < -0.3 is 5.11 Å². The minimum absolute atomic E-state index is 0.381. The standard InChI is InChI=1S/C8H13N3O/c1-2-11-9-6-4-3-5-7(12)8(6)10-11/h7,12H,2-5H2,1H3. The molecule has 66 valence electrons. The van der Waals surface area contributed by atoms with Crippen LogP contribution in [0.1, 0.15) is 37.3 Å². The normalized spacial score (nSPS) is 22.3. The maximum Gasteiger partial charge on any atom is 0.114 e. The Morgan fingerprint density at radius 3 is 3.08 bits per heavy atom. The van der Waals surface area contributed by atoms with Crippen LogP contribution in [-0.4, -0.2) is 20.1 Å². The van der Waals surface area contributed by atoms with E-state index in [-0.39, 0.29) is 6.10 Å². The molecule has 1 heterocycles. The van der Waals surface area contributed by atoms with E-state index in [1.165, 1.54) is 0 Å². The molecule has 1 atom stereocenters. The van der Waals surface area contributed by atoms with Crippen molar-refractivity contribution in [3.8, 4) is 0 Å². The van der Waals surface area contributed by atoms with Gasteiger partial charge in [0.1, 0.15) is 5.69 Å². The molecule has 2 rings (SSSR count). The van der Waals surface area contributed by atoms with Crippen LogP contribution in [0, 0.1) is 0 Å². The van der Waals surface area contributed by atoms with Crippen molar-refractivity contribution in [2.24, 2.45) is 0 Å². The summed E-state index contributed by atoms with van der Waals surface area (Å²) in [4.78, 5) is 1.65. The zero-order chi connectivity index (χ0) is 8.55. The molecule has 0 radical (unpaired) electrons. The number of nitrogens with zero attached hydrogens (tertiary/aromatic N) is 3. The second-order valence-electron chi connectivity index (χ2n) is 3.13. The first-order valence-corrected chi connectivity index (χ1v) is 4.43. The fourth-order valence-corrected chi connectivity index (χ4v) is 1.57. The van der Waals surface area contributed by atoms with Crippen molar-refractivity contribution in [3.63, 3.8) is 0 Å². The van der Waals surface area contributed by atoms with Crippen molar-refractivity contribution in [2.75, 3.05) is 0 Å². The summed E-state index contributed by atoms with van der Waals surface area (Å²) >= 11 is 0. The van der Waals surface area contributed by atoms with E-state index in [4.69, 9.17) is 0 Å². The highest BCUT2D eigenvalue weighted by atomic mass is 16.3.